The molecule has 0 aromatic rings. The van der Waals surface area contributed by atoms with E-state index in [1.165, 1.54) is 19.3 Å². The summed E-state index contributed by atoms with van der Waals surface area (Å²) in [5, 5.41) is 0. The van der Waals surface area contributed by atoms with Gasteiger partial charge in [-0.05, 0) is 0 Å². The van der Waals surface area contributed by atoms with Gasteiger partial charge in [0.25, 0.3) is 0 Å². The molecule has 3 heteroatoms. The van der Waals surface area contributed by atoms with Crippen molar-refractivity contribution in [1.29, 1.82) is 0 Å². The minimum absolute atomic E-state index is 0. The van der Waals surface area contributed by atoms with Crippen LogP contribution in [0, 0.1) is 6.08 Å². The Morgan fingerprint density at radius 1 is 1.09 bits per heavy atom. The maximum absolute atomic E-state index is 3.18. The predicted molar refractivity (Wildman–Crippen MR) is 35.4 cm³/mol. The zero-order valence-electron chi connectivity index (χ0n) is 6.15. The quantitative estimate of drug-likeness (QED) is 0.319. The van der Waals surface area contributed by atoms with Gasteiger partial charge in [0.2, 0.25) is 0 Å². The molecular formula is C8H11Cl2Rh. The zero-order valence-corrected chi connectivity index (χ0v) is 9.30. The Kier molecular flexibility index (Phi) is 21.4. The summed E-state index contributed by atoms with van der Waals surface area (Å²) in [6.45, 7) is 0. The van der Waals surface area contributed by atoms with Crippen molar-refractivity contribution in [2.75, 3.05) is 0 Å². The van der Waals surface area contributed by atoms with Gasteiger partial charge >= 0.3 is 19.5 Å². The molecule has 0 atom stereocenters. The van der Waals surface area contributed by atoms with Crippen molar-refractivity contribution < 1.29 is 44.3 Å². The van der Waals surface area contributed by atoms with Crippen LogP contribution in [0.4, 0.5) is 0 Å². The molecule has 1 rings (SSSR count). The topological polar surface area (TPSA) is 0 Å². The summed E-state index contributed by atoms with van der Waals surface area (Å²) < 4.78 is 0. The van der Waals surface area contributed by atoms with Crippen molar-refractivity contribution >= 4 is 0 Å². The zero-order chi connectivity index (χ0) is 5.66. The number of rotatable bonds is 0. The second kappa shape index (κ2) is 13.3. The molecular weight excluding hydrogens is 270 g/mol. The smallest absolute Gasteiger partial charge is 1.00 e. The van der Waals surface area contributed by atoms with Gasteiger partial charge in [-0.25, -0.2) is 12.2 Å². The summed E-state index contributed by atoms with van der Waals surface area (Å²) in [6, 6.07) is 0. The van der Waals surface area contributed by atoms with Crippen molar-refractivity contribution in [3.05, 3.63) is 24.3 Å². The predicted octanol–water partition coefficient (Wildman–Crippen LogP) is -3.52. The Labute approximate surface area is 94.1 Å². The van der Waals surface area contributed by atoms with Gasteiger partial charge in [-0.2, -0.15) is 6.08 Å². The maximum Gasteiger partial charge on any atom is 3.00 e. The van der Waals surface area contributed by atoms with Crippen LogP contribution in [0.5, 0.6) is 0 Å². The van der Waals surface area contributed by atoms with Crippen molar-refractivity contribution in [2.24, 2.45) is 0 Å². The third-order valence-electron chi connectivity index (χ3n) is 1.29. The van der Waals surface area contributed by atoms with Crippen LogP contribution in [0.2, 0.25) is 0 Å². The molecule has 0 amide bonds. The average Bonchev–Trinajstić information content (AvgIpc) is 1.62. The summed E-state index contributed by atoms with van der Waals surface area (Å²) in [6.07, 6.45) is 14.5. The van der Waals surface area contributed by atoms with Crippen LogP contribution >= 0.6 is 0 Å². The van der Waals surface area contributed by atoms with E-state index in [0.717, 1.165) is 6.42 Å². The van der Waals surface area contributed by atoms with Gasteiger partial charge in [-0.1, -0.05) is 19.3 Å². The summed E-state index contributed by atoms with van der Waals surface area (Å²) in [7, 11) is 0. The van der Waals surface area contributed by atoms with Gasteiger partial charge in [0.15, 0.2) is 0 Å². The van der Waals surface area contributed by atoms with E-state index >= 15 is 0 Å². The first-order valence-electron chi connectivity index (χ1n) is 3.22. The van der Waals surface area contributed by atoms with Crippen molar-refractivity contribution in [3.63, 3.8) is 0 Å². The minimum atomic E-state index is 0. The molecule has 0 radical (unpaired) electrons. The first-order chi connectivity index (χ1) is 4.00. The van der Waals surface area contributed by atoms with Crippen LogP contribution in [0.1, 0.15) is 25.7 Å². The standard InChI is InChI=1S/C8H11.2ClH.Rh/c1-2-4-6-8-7-5-3-1;;;/h1-3H,4,6-8H2;2*1H;/q-1;;;+3/p-2/b2-1-;;;. The summed E-state index contributed by atoms with van der Waals surface area (Å²) in [5.74, 6) is 0. The molecule has 0 aliphatic heterocycles. The van der Waals surface area contributed by atoms with Crippen molar-refractivity contribution in [3.8, 4) is 0 Å². The summed E-state index contributed by atoms with van der Waals surface area (Å²) in [5.41, 5.74) is 0. The fourth-order valence-corrected chi connectivity index (χ4v) is 0.805. The molecule has 0 fully saturated rings. The molecule has 0 N–H and O–H groups in total. The van der Waals surface area contributed by atoms with Gasteiger partial charge in [0.05, 0.1) is 0 Å². The molecule has 11 heavy (non-hydrogen) atoms. The van der Waals surface area contributed by atoms with Crippen LogP contribution in [-0.2, 0) is 19.5 Å². The Morgan fingerprint density at radius 3 is 2.55 bits per heavy atom. The molecule has 0 spiro atoms. The van der Waals surface area contributed by atoms with E-state index in [1.54, 1.807) is 0 Å². The first kappa shape index (κ1) is 17.7. The van der Waals surface area contributed by atoms with E-state index in [1.807, 2.05) is 6.08 Å². The van der Waals surface area contributed by atoms with Gasteiger partial charge in [0, 0.05) is 0 Å². The van der Waals surface area contributed by atoms with E-state index in [4.69, 9.17) is 0 Å². The van der Waals surface area contributed by atoms with E-state index < -0.39 is 0 Å². The van der Waals surface area contributed by atoms with E-state index in [9.17, 15) is 0 Å². The molecule has 0 aromatic carbocycles. The molecule has 0 nitrogen and oxygen atoms in total. The first-order valence-corrected chi connectivity index (χ1v) is 3.22. The van der Waals surface area contributed by atoms with E-state index in [-0.39, 0.29) is 44.3 Å². The molecule has 66 valence electrons. The van der Waals surface area contributed by atoms with Gasteiger partial charge in [0.1, 0.15) is 0 Å². The molecule has 0 saturated carbocycles. The monoisotopic (exact) mass is 280 g/mol. The molecule has 0 heterocycles. The van der Waals surface area contributed by atoms with Gasteiger partial charge < -0.3 is 24.8 Å². The van der Waals surface area contributed by atoms with Crippen LogP contribution in [-0.4, -0.2) is 0 Å². The molecule has 0 aromatic heterocycles. The van der Waals surface area contributed by atoms with Crippen LogP contribution in [0.3, 0.4) is 0 Å². The Hall–Kier alpha value is 0.683. The Morgan fingerprint density at radius 2 is 1.82 bits per heavy atom. The molecule has 1 aliphatic rings. The SMILES string of the molecule is [C-]1=C/C=C\CCCC1.[Cl-].[Cl-].[Rh+3]. The average molecular weight is 281 g/mol. The van der Waals surface area contributed by atoms with Crippen LogP contribution in [0.15, 0.2) is 18.2 Å². The second-order valence-corrected chi connectivity index (χ2v) is 2.04. The maximum atomic E-state index is 3.18. The number of halogens is 2. The fraction of sp³-hybridized carbons (Fsp3) is 0.500. The second-order valence-electron chi connectivity index (χ2n) is 2.04. The Balaban J connectivity index is -0.000000213. The fourth-order valence-electron chi connectivity index (χ4n) is 0.805. The largest absolute Gasteiger partial charge is 3.00 e. The van der Waals surface area contributed by atoms with E-state index in [0.29, 0.717) is 0 Å². The normalized spacial score (nSPS) is 17.5. The number of hydrogen-bond donors (Lipinski definition) is 0. The number of allylic oxidation sites excluding steroid dienone is 4. The van der Waals surface area contributed by atoms with Gasteiger partial charge in [-0.15, -0.1) is 6.42 Å². The van der Waals surface area contributed by atoms with Crippen molar-refractivity contribution in [2.45, 2.75) is 25.7 Å². The third-order valence-corrected chi connectivity index (χ3v) is 1.29. The van der Waals surface area contributed by atoms with E-state index in [2.05, 4.69) is 18.2 Å². The number of hydrogen-bond acceptors (Lipinski definition) is 0. The minimum Gasteiger partial charge on any atom is -1.00 e. The Bertz CT molecular complexity index is 96.7. The summed E-state index contributed by atoms with van der Waals surface area (Å²) in [4.78, 5) is 0. The van der Waals surface area contributed by atoms with Crippen LogP contribution in [0.25, 0.3) is 0 Å². The third kappa shape index (κ3) is 10.7. The van der Waals surface area contributed by atoms with Crippen molar-refractivity contribution in [1.82, 2.24) is 0 Å². The molecule has 1 aliphatic carbocycles. The summed E-state index contributed by atoms with van der Waals surface area (Å²) >= 11 is 0. The molecule has 0 bridgehead atoms. The molecule has 0 saturated heterocycles. The van der Waals surface area contributed by atoms with Crippen LogP contribution < -0.4 is 24.8 Å². The molecule has 0 unspecified atom stereocenters. The van der Waals surface area contributed by atoms with Gasteiger partial charge in [-0.3, -0.25) is 6.08 Å².